The molecule has 0 radical (unpaired) electrons. The Hall–Kier alpha value is -1.68. The minimum absolute atomic E-state index is 0.0886. The lowest BCUT2D eigenvalue weighted by Crippen LogP contribution is -2.30. The summed E-state index contributed by atoms with van der Waals surface area (Å²) in [6.45, 7) is 0. The monoisotopic (exact) mass is 347 g/mol. The topological polar surface area (TPSA) is 20.3 Å². The van der Waals surface area contributed by atoms with Crippen LogP contribution in [0.2, 0.25) is 0 Å². The van der Waals surface area contributed by atoms with Gasteiger partial charge in [-0.3, -0.25) is 4.79 Å². The van der Waals surface area contributed by atoms with Gasteiger partial charge in [0, 0.05) is 11.5 Å². The Kier molecular flexibility index (Phi) is 3.81. The van der Waals surface area contributed by atoms with E-state index in [1.54, 1.807) is 4.90 Å². The number of hydrogen-bond acceptors (Lipinski definition) is 1. The van der Waals surface area contributed by atoms with Crippen molar-refractivity contribution >= 4 is 21.8 Å². The second-order valence-electron chi connectivity index (χ2n) is 5.29. The quantitative estimate of drug-likeness (QED) is 0.790. The second-order valence-corrected chi connectivity index (χ2v) is 6.15. The highest BCUT2D eigenvalue weighted by Gasteiger charge is 2.29. The molecule has 2 aromatic rings. The molecule has 0 N–H and O–H groups in total. The van der Waals surface area contributed by atoms with Crippen LogP contribution in [0, 0.1) is 5.82 Å². The molecule has 0 saturated heterocycles. The molecule has 1 aliphatic rings. The van der Waals surface area contributed by atoms with Crippen molar-refractivity contribution in [2.75, 3.05) is 7.05 Å². The number of halogens is 2. The van der Waals surface area contributed by atoms with Gasteiger partial charge in [-0.05, 0) is 58.1 Å². The summed E-state index contributed by atoms with van der Waals surface area (Å²) in [5.74, 6) is -0.448. The lowest BCUT2D eigenvalue weighted by molar-refractivity contribution is 0.0729. The van der Waals surface area contributed by atoms with Gasteiger partial charge in [0.05, 0.1) is 11.6 Å². The van der Waals surface area contributed by atoms with Crippen molar-refractivity contribution in [1.82, 2.24) is 4.90 Å². The molecule has 3 rings (SSSR count). The molecule has 0 aliphatic heterocycles. The van der Waals surface area contributed by atoms with Crippen LogP contribution in [0.1, 0.15) is 33.9 Å². The Morgan fingerprint density at radius 2 is 2.05 bits per heavy atom. The normalized spacial score (nSPS) is 16.6. The summed E-state index contributed by atoms with van der Waals surface area (Å²) in [5.41, 5.74) is 3.01. The van der Waals surface area contributed by atoms with Gasteiger partial charge in [-0.2, -0.15) is 0 Å². The molecule has 1 amide bonds. The molecule has 0 fully saturated rings. The second kappa shape index (κ2) is 5.60. The molecular weight excluding hydrogens is 333 g/mol. The molecule has 4 heteroatoms. The molecule has 2 nitrogen and oxygen atoms in total. The highest BCUT2D eigenvalue weighted by Crippen LogP contribution is 2.36. The summed E-state index contributed by atoms with van der Waals surface area (Å²) in [7, 11) is 1.81. The zero-order valence-corrected chi connectivity index (χ0v) is 13.2. The maximum Gasteiger partial charge on any atom is 0.255 e. The van der Waals surface area contributed by atoms with E-state index in [4.69, 9.17) is 0 Å². The number of hydrogen-bond donors (Lipinski definition) is 0. The summed E-state index contributed by atoms with van der Waals surface area (Å²) in [4.78, 5) is 14.4. The fourth-order valence-electron chi connectivity index (χ4n) is 2.93. The molecule has 0 aromatic heterocycles. The summed E-state index contributed by atoms with van der Waals surface area (Å²) in [5, 5.41) is 0. The number of carbonyl (C=O) groups excluding carboxylic acids is 1. The highest BCUT2D eigenvalue weighted by molar-refractivity contribution is 9.10. The first-order chi connectivity index (χ1) is 10.1. The third-order valence-corrected chi connectivity index (χ3v) is 4.71. The summed E-state index contributed by atoms with van der Waals surface area (Å²) in [6, 6.07) is 12.5. The molecule has 1 atom stereocenters. The first kappa shape index (κ1) is 14.3. The van der Waals surface area contributed by atoms with Crippen molar-refractivity contribution in [2.45, 2.75) is 18.9 Å². The largest absolute Gasteiger partial charge is 0.335 e. The molecule has 108 valence electrons. The Morgan fingerprint density at radius 3 is 2.81 bits per heavy atom. The lowest BCUT2D eigenvalue weighted by atomic mass is 10.1. The average molecular weight is 348 g/mol. The summed E-state index contributed by atoms with van der Waals surface area (Å²) < 4.78 is 13.6. The fraction of sp³-hybridized carbons (Fsp3) is 0.235. The number of fused-ring (bicyclic) bond motifs is 1. The minimum Gasteiger partial charge on any atom is -0.335 e. The van der Waals surface area contributed by atoms with Crippen molar-refractivity contribution in [2.24, 2.45) is 0 Å². The Bertz CT molecular complexity index is 701. The van der Waals surface area contributed by atoms with Crippen molar-refractivity contribution in [1.29, 1.82) is 0 Å². The van der Waals surface area contributed by atoms with E-state index in [9.17, 15) is 9.18 Å². The first-order valence-electron chi connectivity index (χ1n) is 6.88. The Labute approximate surface area is 131 Å². The first-order valence-corrected chi connectivity index (χ1v) is 7.67. The molecule has 1 unspecified atom stereocenters. The average Bonchev–Trinajstić information content (AvgIpc) is 2.90. The predicted molar refractivity (Wildman–Crippen MR) is 83.7 cm³/mol. The number of rotatable bonds is 2. The van der Waals surface area contributed by atoms with Gasteiger partial charge in [-0.15, -0.1) is 0 Å². The van der Waals surface area contributed by atoms with Crippen molar-refractivity contribution in [3.05, 3.63) is 69.4 Å². The van der Waals surface area contributed by atoms with E-state index in [-0.39, 0.29) is 17.8 Å². The van der Waals surface area contributed by atoms with Gasteiger partial charge in [-0.25, -0.2) is 4.39 Å². The predicted octanol–water partition coefficient (Wildman–Crippen LogP) is 4.35. The van der Waals surface area contributed by atoms with Crippen molar-refractivity contribution in [3.8, 4) is 0 Å². The van der Waals surface area contributed by atoms with E-state index in [1.165, 1.54) is 29.3 Å². The van der Waals surface area contributed by atoms with E-state index < -0.39 is 0 Å². The van der Waals surface area contributed by atoms with E-state index in [1.807, 2.05) is 19.2 Å². The zero-order valence-electron chi connectivity index (χ0n) is 11.6. The third-order valence-electron chi connectivity index (χ3n) is 4.05. The van der Waals surface area contributed by atoms with E-state index >= 15 is 0 Å². The van der Waals surface area contributed by atoms with Crippen molar-refractivity contribution in [3.63, 3.8) is 0 Å². The molecular formula is C17H15BrFNO. The SMILES string of the molecule is CN(C(=O)c1ccc(F)cc1Br)C1CCc2ccccc21. The standard InChI is InChI=1S/C17H15BrFNO/c1-20(16-9-6-11-4-2-3-5-13(11)16)17(21)14-8-7-12(19)10-15(14)18/h2-5,7-8,10,16H,6,9H2,1H3. The van der Waals surface area contributed by atoms with Gasteiger partial charge >= 0.3 is 0 Å². The van der Waals surface area contributed by atoms with Crippen LogP contribution in [0.3, 0.4) is 0 Å². The van der Waals surface area contributed by atoms with Gasteiger partial charge in [0.1, 0.15) is 5.82 Å². The van der Waals surface area contributed by atoms with Gasteiger partial charge in [-0.1, -0.05) is 24.3 Å². The van der Waals surface area contributed by atoms with Crippen LogP contribution >= 0.6 is 15.9 Å². The molecule has 0 bridgehead atoms. The number of aryl methyl sites for hydroxylation is 1. The van der Waals surface area contributed by atoms with Crippen LogP contribution in [0.15, 0.2) is 46.9 Å². The number of amides is 1. The van der Waals surface area contributed by atoms with Crippen LogP contribution in [-0.4, -0.2) is 17.9 Å². The van der Waals surface area contributed by atoms with Gasteiger partial charge in [0.15, 0.2) is 0 Å². The molecule has 21 heavy (non-hydrogen) atoms. The number of nitrogens with zero attached hydrogens (tertiary/aromatic N) is 1. The number of carbonyl (C=O) groups is 1. The highest BCUT2D eigenvalue weighted by atomic mass is 79.9. The van der Waals surface area contributed by atoms with E-state index in [0.717, 1.165) is 12.8 Å². The zero-order chi connectivity index (χ0) is 15.0. The van der Waals surface area contributed by atoms with E-state index in [0.29, 0.717) is 10.0 Å². The molecule has 0 spiro atoms. The maximum absolute atomic E-state index is 13.2. The fourth-order valence-corrected chi connectivity index (χ4v) is 3.45. The van der Waals surface area contributed by atoms with Gasteiger partial charge in [0.25, 0.3) is 5.91 Å². The van der Waals surface area contributed by atoms with Crippen LogP contribution < -0.4 is 0 Å². The van der Waals surface area contributed by atoms with Crippen molar-refractivity contribution < 1.29 is 9.18 Å². The number of benzene rings is 2. The lowest BCUT2D eigenvalue weighted by Gasteiger charge is -2.26. The minimum atomic E-state index is -0.354. The molecule has 0 heterocycles. The molecule has 1 aliphatic carbocycles. The molecule has 2 aromatic carbocycles. The summed E-state index contributed by atoms with van der Waals surface area (Å²) in [6.07, 6.45) is 1.92. The van der Waals surface area contributed by atoms with Crippen LogP contribution in [0.4, 0.5) is 4.39 Å². The van der Waals surface area contributed by atoms with Crippen LogP contribution in [0.5, 0.6) is 0 Å². The smallest absolute Gasteiger partial charge is 0.255 e. The Morgan fingerprint density at radius 1 is 1.29 bits per heavy atom. The molecule has 0 saturated carbocycles. The van der Waals surface area contributed by atoms with Gasteiger partial charge < -0.3 is 4.90 Å². The van der Waals surface area contributed by atoms with E-state index in [2.05, 4.69) is 28.1 Å². The summed E-state index contributed by atoms with van der Waals surface area (Å²) >= 11 is 3.27. The van der Waals surface area contributed by atoms with Crippen LogP contribution in [-0.2, 0) is 6.42 Å². The van der Waals surface area contributed by atoms with Crippen LogP contribution in [0.25, 0.3) is 0 Å². The maximum atomic E-state index is 13.2. The van der Waals surface area contributed by atoms with Gasteiger partial charge in [0.2, 0.25) is 0 Å². The third kappa shape index (κ3) is 2.60. The Balaban J connectivity index is 1.89.